The van der Waals surface area contributed by atoms with E-state index < -0.39 is 23.2 Å². The Morgan fingerprint density at radius 2 is 2.12 bits per heavy atom. The van der Waals surface area contributed by atoms with E-state index in [1.54, 1.807) is 0 Å². The lowest BCUT2D eigenvalue weighted by atomic mass is 10.1. The highest BCUT2D eigenvalue weighted by atomic mass is 32.1. The minimum Gasteiger partial charge on any atom is -0.365 e. The molecule has 1 aromatic rings. The molecule has 0 saturated heterocycles. The fourth-order valence-corrected chi connectivity index (χ4v) is 1.15. The molecule has 1 heterocycles. The predicted molar refractivity (Wildman–Crippen MR) is 58.4 cm³/mol. The van der Waals surface area contributed by atoms with Gasteiger partial charge in [-0.1, -0.05) is 0 Å². The topological polar surface area (TPSA) is 54.0 Å². The van der Waals surface area contributed by atoms with Gasteiger partial charge in [0, 0.05) is 19.4 Å². The highest BCUT2D eigenvalue weighted by molar-refractivity contribution is 7.80. The van der Waals surface area contributed by atoms with Crippen LogP contribution in [-0.2, 0) is 6.18 Å². The van der Waals surface area contributed by atoms with Crippen molar-refractivity contribution in [2.45, 2.75) is 6.18 Å². The fraction of sp³-hybridized carbons (Fsp3) is 0.222. The Kier molecular flexibility index (Phi) is 4.00. The second-order valence-corrected chi connectivity index (χ2v) is 3.36. The first-order valence-electron chi connectivity index (χ1n) is 4.40. The van der Waals surface area contributed by atoms with Gasteiger partial charge in [-0.15, -0.1) is 0 Å². The van der Waals surface area contributed by atoms with Crippen molar-refractivity contribution < 1.29 is 18.0 Å². The molecule has 4 nitrogen and oxygen atoms in total. The number of alkyl halides is 3. The zero-order chi connectivity index (χ0) is 13.1. The van der Waals surface area contributed by atoms with Gasteiger partial charge in [0.2, 0.25) is 0 Å². The molecule has 0 atom stereocenters. The quantitative estimate of drug-likeness (QED) is 0.751. The van der Waals surface area contributed by atoms with Crippen LogP contribution in [0.4, 0.5) is 13.2 Å². The molecule has 8 heteroatoms. The van der Waals surface area contributed by atoms with Gasteiger partial charge in [0.25, 0.3) is 5.91 Å². The van der Waals surface area contributed by atoms with Crippen molar-refractivity contribution in [3.05, 3.63) is 29.6 Å². The Hall–Kier alpha value is -1.70. The summed E-state index contributed by atoms with van der Waals surface area (Å²) in [5, 5.41) is 4.46. The average molecular weight is 263 g/mol. The van der Waals surface area contributed by atoms with Crippen LogP contribution in [0.25, 0.3) is 0 Å². The smallest absolute Gasteiger partial charge is 0.365 e. The first-order valence-corrected chi connectivity index (χ1v) is 4.81. The molecule has 0 aromatic carbocycles. The van der Waals surface area contributed by atoms with Crippen LogP contribution in [0.1, 0.15) is 15.9 Å². The molecule has 0 bridgehead atoms. The van der Waals surface area contributed by atoms with E-state index in [0.717, 1.165) is 18.5 Å². The number of rotatable bonds is 1. The first-order chi connectivity index (χ1) is 7.86. The fourth-order valence-electron chi connectivity index (χ4n) is 1.06. The maximum Gasteiger partial charge on any atom is 0.417 e. The summed E-state index contributed by atoms with van der Waals surface area (Å²) >= 11 is 4.62. The van der Waals surface area contributed by atoms with Crippen LogP contribution in [0.2, 0.25) is 0 Å². The number of nitrogens with one attached hydrogen (secondary N) is 2. The number of carbonyl (C=O) groups excluding carboxylic acids is 1. The summed E-state index contributed by atoms with van der Waals surface area (Å²) in [6.07, 6.45) is -2.80. The molecular weight excluding hydrogens is 255 g/mol. The molecule has 1 amide bonds. The van der Waals surface area contributed by atoms with Crippen molar-refractivity contribution >= 4 is 23.2 Å². The molecule has 0 aliphatic rings. The molecule has 92 valence electrons. The second kappa shape index (κ2) is 5.09. The minimum atomic E-state index is -4.61. The number of hydrogen-bond donors (Lipinski definition) is 2. The van der Waals surface area contributed by atoms with Crippen LogP contribution in [0.3, 0.4) is 0 Å². The Morgan fingerprint density at radius 1 is 1.47 bits per heavy atom. The summed E-state index contributed by atoms with van der Waals surface area (Å²) in [5.74, 6) is -0.954. The van der Waals surface area contributed by atoms with Crippen LogP contribution in [0.5, 0.6) is 0 Å². The largest absolute Gasteiger partial charge is 0.417 e. The number of amides is 1. The maximum absolute atomic E-state index is 12.6. The van der Waals surface area contributed by atoms with Crippen molar-refractivity contribution in [2.75, 3.05) is 7.05 Å². The van der Waals surface area contributed by atoms with Gasteiger partial charge in [-0.05, 0) is 18.3 Å². The van der Waals surface area contributed by atoms with Gasteiger partial charge < -0.3 is 5.32 Å². The molecule has 0 saturated carbocycles. The third-order valence-corrected chi connectivity index (χ3v) is 2.13. The van der Waals surface area contributed by atoms with Crippen molar-refractivity contribution in [1.29, 1.82) is 0 Å². The van der Waals surface area contributed by atoms with Gasteiger partial charge in [-0.2, -0.15) is 13.2 Å². The maximum atomic E-state index is 12.6. The Morgan fingerprint density at radius 3 is 2.65 bits per heavy atom. The van der Waals surface area contributed by atoms with Crippen molar-refractivity contribution in [3.8, 4) is 0 Å². The first kappa shape index (κ1) is 13.4. The van der Waals surface area contributed by atoms with Crippen molar-refractivity contribution in [1.82, 2.24) is 15.6 Å². The number of halogens is 3. The third kappa shape index (κ3) is 3.38. The molecule has 1 rings (SSSR count). The zero-order valence-corrected chi connectivity index (χ0v) is 9.45. The lowest BCUT2D eigenvalue weighted by Crippen LogP contribution is -2.38. The van der Waals surface area contributed by atoms with E-state index in [1.165, 1.54) is 7.05 Å². The predicted octanol–water partition coefficient (Wildman–Crippen LogP) is 1.33. The van der Waals surface area contributed by atoms with E-state index in [1.807, 2.05) is 0 Å². The zero-order valence-electron chi connectivity index (χ0n) is 8.63. The highest BCUT2D eigenvalue weighted by Crippen LogP contribution is 2.31. The van der Waals surface area contributed by atoms with Gasteiger partial charge in [0.1, 0.15) is 0 Å². The number of carbonyl (C=O) groups is 1. The summed E-state index contributed by atoms with van der Waals surface area (Å²) in [4.78, 5) is 15.0. The van der Waals surface area contributed by atoms with Gasteiger partial charge in [-0.25, -0.2) is 0 Å². The van der Waals surface area contributed by atoms with Crippen molar-refractivity contribution in [2.24, 2.45) is 0 Å². The lowest BCUT2D eigenvalue weighted by Gasteiger charge is -2.12. The van der Waals surface area contributed by atoms with Gasteiger partial charge in [0.15, 0.2) is 5.11 Å². The van der Waals surface area contributed by atoms with E-state index >= 15 is 0 Å². The third-order valence-electron chi connectivity index (χ3n) is 1.83. The van der Waals surface area contributed by atoms with Crippen LogP contribution >= 0.6 is 12.2 Å². The van der Waals surface area contributed by atoms with Crippen LogP contribution in [-0.4, -0.2) is 23.1 Å². The van der Waals surface area contributed by atoms with Crippen LogP contribution in [0, 0.1) is 0 Å². The molecule has 17 heavy (non-hydrogen) atoms. The van der Waals surface area contributed by atoms with E-state index in [-0.39, 0.29) is 5.11 Å². The van der Waals surface area contributed by atoms with Gasteiger partial charge in [0.05, 0.1) is 11.1 Å². The van der Waals surface area contributed by atoms with Crippen LogP contribution in [0.15, 0.2) is 18.5 Å². The van der Waals surface area contributed by atoms with E-state index in [9.17, 15) is 18.0 Å². The summed E-state index contributed by atoms with van der Waals surface area (Å²) in [6, 6.07) is 0.733. The Bertz CT molecular complexity index is 447. The van der Waals surface area contributed by atoms with Gasteiger partial charge >= 0.3 is 6.18 Å². The minimum absolute atomic E-state index is 0.0630. The second-order valence-electron chi connectivity index (χ2n) is 2.95. The summed E-state index contributed by atoms with van der Waals surface area (Å²) in [6.45, 7) is 0. The number of hydrogen-bond acceptors (Lipinski definition) is 3. The molecule has 0 fully saturated rings. The SMILES string of the molecule is CNC(=S)NC(=O)c1cnccc1C(F)(F)F. The lowest BCUT2D eigenvalue weighted by molar-refractivity contribution is -0.138. The summed E-state index contributed by atoms with van der Waals surface area (Å²) < 4.78 is 37.7. The van der Waals surface area contributed by atoms with E-state index in [0.29, 0.717) is 0 Å². The summed E-state index contributed by atoms with van der Waals surface area (Å²) in [7, 11) is 1.44. The molecular formula is C9H8F3N3OS. The molecule has 0 unspecified atom stereocenters. The molecule has 0 aliphatic heterocycles. The highest BCUT2D eigenvalue weighted by Gasteiger charge is 2.35. The van der Waals surface area contributed by atoms with Gasteiger partial charge in [-0.3, -0.25) is 15.1 Å². The molecule has 1 aromatic heterocycles. The summed E-state index contributed by atoms with van der Waals surface area (Å²) in [5.41, 5.74) is -1.62. The number of thiocarbonyl (C=S) groups is 1. The molecule has 0 spiro atoms. The average Bonchev–Trinajstić information content (AvgIpc) is 2.27. The molecule has 2 N–H and O–H groups in total. The van der Waals surface area contributed by atoms with Crippen molar-refractivity contribution in [3.63, 3.8) is 0 Å². The Balaban J connectivity index is 3.06. The monoisotopic (exact) mass is 263 g/mol. The number of pyridine rings is 1. The molecule has 0 aliphatic carbocycles. The van der Waals surface area contributed by atoms with E-state index in [4.69, 9.17) is 0 Å². The molecule has 0 radical (unpaired) electrons. The normalized spacial score (nSPS) is 10.8. The van der Waals surface area contributed by atoms with Crippen LogP contribution < -0.4 is 10.6 Å². The Labute approximate surface area is 100 Å². The standard InChI is InChI=1S/C9H8F3N3OS/c1-13-8(17)15-7(16)5-4-14-3-2-6(5)9(10,11)12/h2-4H,1H3,(H2,13,15,16,17). The number of nitrogens with zero attached hydrogens (tertiary/aromatic N) is 1. The van der Waals surface area contributed by atoms with E-state index in [2.05, 4.69) is 27.8 Å². The number of aromatic nitrogens is 1.